The van der Waals surface area contributed by atoms with E-state index in [1.54, 1.807) is 4.90 Å². The second-order valence-corrected chi connectivity index (χ2v) is 11.2. The molecule has 0 aliphatic carbocycles. The average molecular weight is 590 g/mol. The minimum absolute atomic E-state index is 0.124. The predicted molar refractivity (Wildman–Crippen MR) is 167 cm³/mol. The van der Waals surface area contributed by atoms with Gasteiger partial charge in [-0.3, -0.25) is 34.0 Å². The van der Waals surface area contributed by atoms with E-state index in [1.807, 2.05) is 9.80 Å². The highest BCUT2D eigenvalue weighted by atomic mass is 16.4. The number of hydrogen-bond donors (Lipinski definition) is 4. The number of hydrogen-bond acceptors (Lipinski definition) is 8. The first kappa shape index (κ1) is 30.4. The Morgan fingerprint density at radius 2 is 0.977 bits per heavy atom. The fourth-order valence-corrected chi connectivity index (χ4v) is 6.09. The lowest BCUT2D eigenvalue weighted by molar-refractivity contribution is -0.140. The van der Waals surface area contributed by atoms with E-state index in [0.29, 0.717) is 65.4 Å². The van der Waals surface area contributed by atoms with Crippen molar-refractivity contribution in [2.75, 3.05) is 90.4 Å². The van der Waals surface area contributed by atoms with Gasteiger partial charge < -0.3 is 20.6 Å². The maximum absolute atomic E-state index is 11.6. The molecule has 1 fully saturated rings. The summed E-state index contributed by atoms with van der Waals surface area (Å²) in [6.45, 7) is 4.73. The first-order valence-electron chi connectivity index (χ1n) is 14.7. The Bertz CT molecular complexity index is 1530. The lowest BCUT2D eigenvalue weighted by Crippen LogP contribution is -2.49. The Labute approximate surface area is 250 Å². The molecule has 11 nitrogen and oxygen atoms in total. The molecule has 1 saturated heterocycles. The van der Waals surface area contributed by atoms with Gasteiger partial charge >= 0.3 is 17.9 Å². The molecule has 0 radical (unpaired) electrons. The molecule has 4 N–H and O–H groups in total. The molecule has 0 amide bonds. The molecule has 0 bridgehead atoms. The minimum Gasteiger partial charge on any atom is -0.480 e. The van der Waals surface area contributed by atoms with E-state index < -0.39 is 17.9 Å². The van der Waals surface area contributed by atoms with Gasteiger partial charge in [0.2, 0.25) is 0 Å². The third kappa shape index (κ3) is 7.88. The van der Waals surface area contributed by atoms with Crippen LogP contribution in [0.15, 0.2) is 54.6 Å². The number of nitrogens with zero attached hydrogens (tertiary/aromatic N) is 4. The van der Waals surface area contributed by atoms with Crippen molar-refractivity contribution in [2.24, 2.45) is 0 Å². The first-order chi connectivity index (χ1) is 20.8. The quantitative estimate of drug-likeness (QED) is 0.203. The van der Waals surface area contributed by atoms with Crippen LogP contribution in [0.1, 0.15) is 0 Å². The smallest absolute Gasteiger partial charge is 0.317 e. The van der Waals surface area contributed by atoms with Gasteiger partial charge in [0, 0.05) is 76.5 Å². The fraction of sp³-hybridized carbons (Fsp3) is 0.406. The van der Waals surface area contributed by atoms with E-state index >= 15 is 0 Å². The van der Waals surface area contributed by atoms with Crippen LogP contribution in [-0.2, 0) is 14.4 Å². The van der Waals surface area contributed by atoms with Gasteiger partial charge in [0.25, 0.3) is 0 Å². The summed E-state index contributed by atoms with van der Waals surface area (Å²) in [6, 6.07) is 19.3. The molecule has 0 spiro atoms. The van der Waals surface area contributed by atoms with E-state index in [9.17, 15) is 29.7 Å². The van der Waals surface area contributed by atoms with Crippen LogP contribution < -0.4 is 5.32 Å². The molecule has 4 aromatic carbocycles. The lowest BCUT2D eigenvalue weighted by atomic mass is 9.93. The Hall–Kier alpha value is -4.03. The van der Waals surface area contributed by atoms with Crippen LogP contribution in [0.25, 0.3) is 32.3 Å². The highest BCUT2D eigenvalue weighted by Gasteiger charge is 2.20. The summed E-state index contributed by atoms with van der Waals surface area (Å²) in [5.41, 5.74) is 1.05. The molecular weight excluding hydrogens is 550 g/mol. The molecule has 0 aromatic heterocycles. The summed E-state index contributed by atoms with van der Waals surface area (Å²) in [4.78, 5) is 42.2. The maximum Gasteiger partial charge on any atom is 0.317 e. The molecular formula is C32H39N5O6. The van der Waals surface area contributed by atoms with Gasteiger partial charge in [-0.25, -0.2) is 0 Å². The summed E-state index contributed by atoms with van der Waals surface area (Å²) in [6.07, 6.45) is 0. The molecule has 0 unspecified atom stereocenters. The molecule has 1 aliphatic heterocycles. The number of anilines is 1. The van der Waals surface area contributed by atoms with Gasteiger partial charge in [0.1, 0.15) is 0 Å². The predicted octanol–water partition coefficient (Wildman–Crippen LogP) is 2.47. The topological polar surface area (TPSA) is 137 Å². The number of carboxylic acid groups (broad SMARTS) is 3. The van der Waals surface area contributed by atoms with Crippen LogP contribution >= 0.6 is 0 Å². The maximum atomic E-state index is 11.6. The van der Waals surface area contributed by atoms with Crippen molar-refractivity contribution in [3.63, 3.8) is 0 Å². The van der Waals surface area contributed by atoms with Crippen LogP contribution in [0.4, 0.5) is 5.69 Å². The number of carbonyl (C=O) groups is 3. The normalized spacial score (nSPS) is 17.2. The number of carboxylic acids is 3. The Kier molecular flexibility index (Phi) is 9.88. The lowest BCUT2D eigenvalue weighted by Gasteiger charge is -2.33. The molecule has 1 heterocycles. The van der Waals surface area contributed by atoms with E-state index in [4.69, 9.17) is 0 Å². The van der Waals surface area contributed by atoms with Crippen LogP contribution in [0, 0.1) is 0 Å². The number of benzene rings is 4. The van der Waals surface area contributed by atoms with E-state index in [1.165, 1.54) is 32.3 Å². The third-order valence-corrected chi connectivity index (χ3v) is 8.28. The number of nitrogens with one attached hydrogen (secondary N) is 1. The highest BCUT2D eigenvalue weighted by molar-refractivity contribution is 6.25. The monoisotopic (exact) mass is 589 g/mol. The van der Waals surface area contributed by atoms with Crippen LogP contribution in [-0.4, -0.2) is 138 Å². The van der Waals surface area contributed by atoms with Gasteiger partial charge in [-0.1, -0.05) is 48.5 Å². The molecule has 5 rings (SSSR count). The van der Waals surface area contributed by atoms with E-state index in [-0.39, 0.29) is 19.6 Å². The van der Waals surface area contributed by atoms with Gasteiger partial charge in [0.15, 0.2) is 0 Å². The fourth-order valence-electron chi connectivity index (χ4n) is 6.09. The van der Waals surface area contributed by atoms with E-state index in [2.05, 4.69) is 64.8 Å². The summed E-state index contributed by atoms with van der Waals surface area (Å²) in [7, 11) is 0. The molecule has 0 saturated carbocycles. The Morgan fingerprint density at radius 3 is 1.47 bits per heavy atom. The van der Waals surface area contributed by atoms with Crippen LogP contribution in [0.2, 0.25) is 0 Å². The first-order valence-corrected chi connectivity index (χ1v) is 14.7. The summed E-state index contributed by atoms with van der Waals surface area (Å²) >= 11 is 0. The van der Waals surface area contributed by atoms with Gasteiger partial charge in [-0.05, 0) is 33.0 Å². The second kappa shape index (κ2) is 14.0. The van der Waals surface area contributed by atoms with Crippen molar-refractivity contribution in [1.29, 1.82) is 0 Å². The van der Waals surface area contributed by atoms with Gasteiger partial charge in [0.05, 0.1) is 19.6 Å². The van der Waals surface area contributed by atoms with Crippen molar-refractivity contribution >= 4 is 55.9 Å². The number of aliphatic carboxylic acids is 3. The van der Waals surface area contributed by atoms with Crippen molar-refractivity contribution in [1.82, 2.24) is 19.6 Å². The van der Waals surface area contributed by atoms with Crippen molar-refractivity contribution in [3.05, 3.63) is 54.6 Å². The highest BCUT2D eigenvalue weighted by Crippen LogP contribution is 2.37. The zero-order valence-corrected chi connectivity index (χ0v) is 24.2. The summed E-state index contributed by atoms with van der Waals surface area (Å²) in [5.74, 6) is -2.82. The Balaban J connectivity index is 1.30. The molecule has 0 atom stereocenters. The standard InChI is InChI=1S/C32H39N5O6/c38-28(39)20-35-14-12-34(13-15-36(21-29(40)41)17-19-37(18-16-35)22-30(42)43)11-10-33-27-9-7-25-5-4-23-2-1-3-24-6-8-26(27)32(25)31(23)24/h1-9,33H,10-22H2,(H,38,39)(H,40,41)(H,42,43). The van der Waals surface area contributed by atoms with Crippen molar-refractivity contribution < 1.29 is 29.7 Å². The van der Waals surface area contributed by atoms with Crippen molar-refractivity contribution in [2.45, 2.75) is 0 Å². The Morgan fingerprint density at radius 1 is 0.558 bits per heavy atom. The molecule has 43 heavy (non-hydrogen) atoms. The summed E-state index contributed by atoms with van der Waals surface area (Å²) in [5, 5.41) is 39.2. The SMILES string of the molecule is O=C(O)CN1CCN(CCNc2ccc3ccc4cccc5ccc2c3c45)CCN(CC(=O)O)CCN(CC(=O)O)CC1. The molecule has 4 aromatic rings. The third-order valence-electron chi connectivity index (χ3n) is 8.28. The van der Waals surface area contributed by atoms with Gasteiger partial charge in [-0.2, -0.15) is 0 Å². The zero-order valence-electron chi connectivity index (χ0n) is 24.2. The zero-order chi connectivity index (χ0) is 30.3. The summed E-state index contributed by atoms with van der Waals surface area (Å²) < 4.78 is 0. The molecule has 1 aliphatic rings. The molecule has 11 heteroatoms. The number of rotatable bonds is 10. The van der Waals surface area contributed by atoms with Gasteiger partial charge in [-0.15, -0.1) is 0 Å². The second-order valence-electron chi connectivity index (χ2n) is 11.2. The average Bonchev–Trinajstić information content (AvgIpc) is 2.96. The van der Waals surface area contributed by atoms with E-state index in [0.717, 1.165) is 5.69 Å². The largest absolute Gasteiger partial charge is 0.480 e. The minimum atomic E-state index is -0.968. The van der Waals surface area contributed by atoms with Crippen LogP contribution in [0.3, 0.4) is 0 Å². The molecule has 228 valence electrons. The van der Waals surface area contributed by atoms with Crippen molar-refractivity contribution in [3.8, 4) is 0 Å². The van der Waals surface area contributed by atoms with Crippen LogP contribution in [0.5, 0.6) is 0 Å².